The molecule has 22 heavy (non-hydrogen) atoms. The minimum atomic E-state index is -4.46. The van der Waals surface area contributed by atoms with Gasteiger partial charge in [0.05, 0.1) is 12.7 Å². The Morgan fingerprint density at radius 2 is 1.91 bits per heavy atom. The highest BCUT2D eigenvalue weighted by molar-refractivity contribution is 5.37. The van der Waals surface area contributed by atoms with Gasteiger partial charge in [-0.2, -0.15) is 13.2 Å². The van der Waals surface area contributed by atoms with Gasteiger partial charge in [-0.25, -0.2) is 0 Å². The maximum atomic E-state index is 13.0. The normalized spacial score (nSPS) is 11.5. The van der Waals surface area contributed by atoms with Crippen molar-refractivity contribution in [3.8, 4) is 5.75 Å². The summed E-state index contributed by atoms with van der Waals surface area (Å²) in [4.78, 5) is 14.3. The van der Waals surface area contributed by atoms with Crippen LogP contribution in [-0.4, -0.2) is 12.1 Å². The SMILES string of the molecule is COc1ccc(CNCc2c[nH]ccc2=O)c(C(F)(F)F)c1. The van der Waals surface area contributed by atoms with Crippen molar-refractivity contribution in [2.24, 2.45) is 0 Å². The summed E-state index contributed by atoms with van der Waals surface area (Å²) in [7, 11) is 1.31. The largest absolute Gasteiger partial charge is 0.497 e. The lowest BCUT2D eigenvalue weighted by molar-refractivity contribution is -0.138. The van der Waals surface area contributed by atoms with Crippen LogP contribution in [0.25, 0.3) is 0 Å². The highest BCUT2D eigenvalue weighted by Crippen LogP contribution is 2.34. The smallest absolute Gasteiger partial charge is 0.416 e. The Morgan fingerprint density at radius 3 is 2.55 bits per heavy atom. The number of rotatable bonds is 5. The summed E-state index contributed by atoms with van der Waals surface area (Å²) < 4.78 is 44.0. The predicted molar refractivity (Wildman–Crippen MR) is 75.6 cm³/mol. The van der Waals surface area contributed by atoms with Gasteiger partial charge in [-0.15, -0.1) is 0 Å². The molecule has 2 rings (SSSR count). The first kappa shape index (κ1) is 16.1. The van der Waals surface area contributed by atoms with Crippen molar-refractivity contribution < 1.29 is 17.9 Å². The fourth-order valence-electron chi connectivity index (χ4n) is 2.02. The molecule has 0 atom stereocenters. The van der Waals surface area contributed by atoms with Gasteiger partial charge in [-0.05, 0) is 17.7 Å². The molecule has 0 amide bonds. The Morgan fingerprint density at radius 1 is 1.18 bits per heavy atom. The Labute approximate surface area is 124 Å². The second kappa shape index (κ2) is 6.65. The summed E-state index contributed by atoms with van der Waals surface area (Å²) in [6.45, 7) is 0.173. The summed E-state index contributed by atoms with van der Waals surface area (Å²) in [5.41, 5.74) is -0.358. The summed E-state index contributed by atoms with van der Waals surface area (Å²) >= 11 is 0. The quantitative estimate of drug-likeness (QED) is 0.892. The fraction of sp³-hybridized carbons (Fsp3) is 0.267. The zero-order valence-electron chi connectivity index (χ0n) is 11.8. The van der Waals surface area contributed by atoms with E-state index in [2.05, 4.69) is 10.3 Å². The molecule has 118 valence electrons. The van der Waals surface area contributed by atoms with E-state index in [9.17, 15) is 18.0 Å². The van der Waals surface area contributed by atoms with Gasteiger partial charge in [-0.3, -0.25) is 4.79 Å². The van der Waals surface area contributed by atoms with Crippen molar-refractivity contribution in [1.82, 2.24) is 10.3 Å². The lowest BCUT2D eigenvalue weighted by atomic mass is 10.1. The average Bonchev–Trinajstić information content (AvgIpc) is 2.48. The van der Waals surface area contributed by atoms with Gasteiger partial charge in [0.15, 0.2) is 5.43 Å². The van der Waals surface area contributed by atoms with E-state index in [4.69, 9.17) is 4.74 Å². The summed E-state index contributed by atoms with van der Waals surface area (Å²) in [5, 5.41) is 2.85. The summed E-state index contributed by atoms with van der Waals surface area (Å²) in [5.74, 6) is 0.149. The Balaban J connectivity index is 2.13. The number of H-pyrrole nitrogens is 1. The molecule has 0 radical (unpaired) electrons. The fourth-order valence-corrected chi connectivity index (χ4v) is 2.02. The molecule has 4 nitrogen and oxygen atoms in total. The Hall–Kier alpha value is -2.28. The third-order valence-electron chi connectivity index (χ3n) is 3.16. The van der Waals surface area contributed by atoms with Crippen LogP contribution >= 0.6 is 0 Å². The lowest BCUT2D eigenvalue weighted by Crippen LogP contribution is -2.21. The van der Waals surface area contributed by atoms with Gasteiger partial charge in [0, 0.05) is 37.1 Å². The number of ether oxygens (including phenoxy) is 1. The van der Waals surface area contributed by atoms with Crippen LogP contribution < -0.4 is 15.5 Å². The van der Waals surface area contributed by atoms with E-state index < -0.39 is 11.7 Å². The molecular formula is C15H15F3N2O2. The van der Waals surface area contributed by atoms with Crippen molar-refractivity contribution in [3.05, 3.63) is 63.6 Å². The van der Waals surface area contributed by atoms with Crippen LogP contribution in [0.2, 0.25) is 0 Å². The third kappa shape index (κ3) is 3.88. The highest BCUT2D eigenvalue weighted by atomic mass is 19.4. The molecule has 0 fully saturated rings. The van der Waals surface area contributed by atoms with E-state index in [1.165, 1.54) is 37.7 Å². The van der Waals surface area contributed by atoms with Crippen molar-refractivity contribution in [3.63, 3.8) is 0 Å². The first-order valence-corrected chi connectivity index (χ1v) is 6.52. The lowest BCUT2D eigenvalue weighted by Gasteiger charge is -2.14. The van der Waals surface area contributed by atoms with Crippen molar-refractivity contribution in [2.45, 2.75) is 19.3 Å². The molecule has 1 heterocycles. The zero-order valence-corrected chi connectivity index (χ0v) is 11.8. The van der Waals surface area contributed by atoms with Crippen molar-refractivity contribution in [1.29, 1.82) is 0 Å². The molecule has 0 aliphatic heterocycles. The first-order chi connectivity index (χ1) is 10.4. The molecule has 1 aromatic heterocycles. The van der Waals surface area contributed by atoms with Gasteiger partial charge in [0.2, 0.25) is 0 Å². The number of nitrogens with one attached hydrogen (secondary N) is 2. The van der Waals surface area contributed by atoms with Gasteiger partial charge in [-0.1, -0.05) is 6.07 Å². The molecule has 7 heteroatoms. The summed E-state index contributed by atoms with van der Waals surface area (Å²) in [6, 6.07) is 5.17. The molecule has 0 saturated heterocycles. The monoisotopic (exact) mass is 312 g/mol. The molecule has 1 aromatic carbocycles. The first-order valence-electron chi connectivity index (χ1n) is 6.52. The minimum Gasteiger partial charge on any atom is -0.497 e. The van der Waals surface area contributed by atoms with Crippen LogP contribution in [0.15, 0.2) is 41.5 Å². The number of methoxy groups -OCH3 is 1. The molecule has 0 aliphatic carbocycles. The van der Waals surface area contributed by atoms with Crippen LogP contribution in [0, 0.1) is 0 Å². The van der Waals surface area contributed by atoms with Crippen LogP contribution in [0.1, 0.15) is 16.7 Å². The number of hydrogen-bond donors (Lipinski definition) is 2. The van der Waals surface area contributed by atoms with E-state index >= 15 is 0 Å². The molecule has 0 aliphatic rings. The topological polar surface area (TPSA) is 54.1 Å². The van der Waals surface area contributed by atoms with Crippen LogP contribution in [-0.2, 0) is 19.3 Å². The third-order valence-corrected chi connectivity index (χ3v) is 3.16. The molecule has 2 aromatic rings. The number of aromatic amines is 1. The van der Waals surface area contributed by atoms with Gasteiger partial charge in [0.1, 0.15) is 5.75 Å². The van der Waals surface area contributed by atoms with Gasteiger partial charge >= 0.3 is 6.18 Å². The minimum absolute atomic E-state index is 0.00677. The number of hydrogen-bond acceptors (Lipinski definition) is 3. The van der Waals surface area contributed by atoms with E-state index in [-0.39, 0.29) is 29.8 Å². The maximum absolute atomic E-state index is 13.0. The Kier molecular flexibility index (Phi) is 4.87. The summed E-state index contributed by atoms with van der Waals surface area (Å²) in [6.07, 6.45) is -1.44. The van der Waals surface area contributed by atoms with Crippen LogP contribution in [0.4, 0.5) is 13.2 Å². The predicted octanol–water partition coefficient (Wildman–Crippen LogP) is 2.69. The van der Waals surface area contributed by atoms with Crippen molar-refractivity contribution in [2.75, 3.05) is 7.11 Å². The molecule has 0 saturated carbocycles. The van der Waals surface area contributed by atoms with Crippen LogP contribution in [0.5, 0.6) is 5.75 Å². The average molecular weight is 312 g/mol. The van der Waals surface area contributed by atoms with E-state index in [0.717, 1.165) is 6.07 Å². The molecule has 0 bridgehead atoms. The standard InChI is InChI=1S/C15H15F3N2O2/c1-22-12-3-2-10(13(6-12)15(16,17)18)7-20-9-11-8-19-5-4-14(11)21/h2-6,8,20H,7,9H2,1H3,(H,19,21). The van der Waals surface area contributed by atoms with Gasteiger partial charge < -0.3 is 15.0 Å². The molecular weight excluding hydrogens is 297 g/mol. The molecule has 2 N–H and O–H groups in total. The number of pyridine rings is 1. The number of benzene rings is 1. The zero-order chi connectivity index (χ0) is 16.2. The molecule has 0 unspecified atom stereocenters. The number of aromatic nitrogens is 1. The van der Waals surface area contributed by atoms with Crippen LogP contribution in [0.3, 0.4) is 0 Å². The van der Waals surface area contributed by atoms with E-state index in [0.29, 0.717) is 5.56 Å². The van der Waals surface area contributed by atoms with E-state index in [1.54, 1.807) is 0 Å². The van der Waals surface area contributed by atoms with Gasteiger partial charge in [0.25, 0.3) is 0 Å². The van der Waals surface area contributed by atoms with E-state index in [1.807, 2.05) is 0 Å². The Bertz CT molecular complexity index is 696. The number of alkyl halides is 3. The maximum Gasteiger partial charge on any atom is 0.416 e. The number of halogens is 3. The van der Waals surface area contributed by atoms with Crippen molar-refractivity contribution >= 4 is 0 Å². The highest BCUT2D eigenvalue weighted by Gasteiger charge is 2.33. The second-order valence-electron chi connectivity index (χ2n) is 4.66. The molecule has 0 spiro atoms. The second-order valence-corrected chi connectivity index (χ2v) is 4.66.